The highest BCUT2D eigenvalue weighted by Gasteiger charge is 2.53. The summed E-state index contributed by atoms with van der Waals surface area (Å²) in [6, 6.07) is 15.7. The van der Waals surface area contributed by atoms with Gasteiger partial charge < -0.3 is 24.7 Å². The number of likely N-dealkylation sites (tertiary alicyclic amines) is 1. The molecule has 2 aromatic rings. The van der Waals surface area contributed by atoms with Crippen LogP contribution in [0.1, 0.15) is 39.0 Å². The van der Waals surface area contributed by atoms with Gasteiger partial charge in [0, 0.05) is 19.6 Å². The molecule has 35 heavy (non-hydrogen) atoms. The summed E-state index contributed by atoms with van der Waals surface area (Å²) in [6.07, 6.45) is 2.81. The van der Waals surface area contributed by atoms with E-state index in [9.17, 15) is 18.3 Å². The van der Waals surface area contributed by atoms with E-state index in [1.807, 2.05) is 30.3 Å². The fourth-order valence-corrected chi connectivity index (χ4v) is 5.90. The van der Waals surface area contributed by atoms with Crippen LogP contribution in [0.5, 0.6) is 11.5 Å². The maximum atomic E-state index is 13.4. The van der Waals surface area contributed by atoms with Gasteiger partial charge in [-0.25, -0.2) is 14.3 Å². The molecular weight excluding hydrogens is 472 g/mol. The molecule has 1 heterocycles. The minimum atomic E-state index is -4.06. The van der Waals surface area contributed by atoms with E-state index in [1.54, 1.807) is 12.1 Å². The third kappa shape index (κ3) is 7.41. The van der Waals surface area contributed by atoms with Crippen LogP contribution in [0.25, 0.3) is 0 Å². The molecule has 0 aromatic heterocycles. The number of carboxylic acids is 1. The lowest BCUT2D eigenvalue weighted by molar-refractivity contribution is -0.141. The molecule has 1 aliphatic rings. The Morgan fingerprint density at radius 1 is 0.943 bits per heavy atom. The van der Waals surface area contributed by atoms with E-state index >= 15 is 0 Å². The van der Waals surface area contributed by atoms with Gasteiger partial charge in [-0.2, -0.15) is 0 Å². The van der Waals surface area contributed by atoms with Gasteiger partial charge in [-0.05, 0) is 62.1 Å². The molecular formula is C25H36N2O7S. The van der Waals surface area contributed by atoms with Gasteiger partial charge in [0.05, 0.1) is 18.1 Å². The standard InChI is InChI=1S/C25H33NO6S.H3NO/c1-2-3-19-31-22-10-12-23(13-11-22)33(29,30)25(24(27)28)14-17-26(18-15-25)16-7-20-32-21-8-5-4-6-9-21;1-2/h4-6,8-13H,2-3,7,14-20H2,1H3,(H,27,28);2H,1H2. The van der Waals surface area contributed by atoms with E-state index < -0.39 is 20.6 Å². The average molecular weight is 509 g/mol. The molecule has 1 saturated heterocycles. The highest BCUT2D eigenvalue weighted by molar-refractivity contribution is 7.93. The maximum Gasteiger partial charge on any atom is 0.325 e. The molecule has 0 unspecified atom stereocenters. The minimum absolute atomic E-state index is 0.0254. The number of carboxylic acid groups (broad SMARTS) is 1. The second-order valence-electron chi connectivity index (χ2n) is 8.33. The number of sulfone groups is 1. The zero-order chi connectivity index (χ0) is 25.7. The number of ether oxygens (including phenoxy) is 2. The van der Waals surface area contributed by atoms with Crippen LogP contribution in [-0.2, 0) is 14.6 Å². The predicted octanol–water partition coefficient (Wildman–Crippen LogP) is 3.36. The molecule has 1 fully saturated rings. The molecule has 2 aromatic carbocycles. The quantitative estimate of drug-likeness (QED) is 0.291. The second kappa shape index (κ2) is 14.0. The van der Waals surface area contributed by atoms with Gasteiger partial charge in [-0.1, -0.05) is 31.5 Å². The first-order valence-corrected chi connectivity index (χ1v) is 13.2. The number of hydrogen-bond donors (Lipinski definition) is 3. The molecule has 0 radical (unpaired) electrons. The first-order valence-electron chi connectivity index (χ1n) is 11.8. The second-order valence-corrected chi connectivity index (χ2v) is 10.6. The number of unbranched alkanes of at least 4 members (excludes halogenated alkanes) is 1. The lowest BCUT2D eigenvalue weighted by Gasteiger charge is -2.38. The van der Waals surface area contributed by atoms with Crippen LogP contribution in [0.15, 0.2) is 59.5 Å². The van der Waals surface area contributed by atoms with Crippen molar-refractivity contribution in [2.24, 2.45) is 5.90 Å². The van der Waals surface area contributed by atoms with Crippen LogP contribution >= 0.6 is 0 Å². The third-order valence-electron chi connectivity index (χ3n) is 6.10. The van der Waals surface area contributed by atoms with Gasteiger partial charge >= 0.3 is 5.97 Å². The van der Waals surface area contributed by atoms with Crippen molar-refractivity contribution < 1.29 is 33.0 Å². The fraction of sp³-hybridized carbons (Fsp3) is 0.480. The maximum absolute atomic E-state index is 13.4. The lowest BCUT2D eigenvalue weighted by atomic mass is 9.95. The van der Waals surface area contributed by atoms with Gasteiger partial charge in [0.2, 0.25) is 0 Å². The zero-order valence-electron chi connectivity index (χ0n) is 20.1. The Balaban J connectivity index is 0.00000210. The number of benzene rings is 2. The lowest BCUT2D eigenvalue weighted by Crippen LogP contribution is -2.54. The summed E-state index contributed by atoms with van der Waals surface area (Å²) in [7, 11) is -4.06. The number of para-hydroxylation sites is 1. The topological polar surface area (TPSA) is 139 Å². The fourth-order valence-electron chi connectivity index (χ4n) is 4.01. The highest BCUT2D eigenvalue weighted by atomic mass is 32.2. The Morgan fingerprint density at radius 2 is 1.49 bits per heavy atom. The van der Waals surface area contributed by atoms with E-state index in [0.29, 0.717) is 32.1 Å². The number of rotatable bonds is 12. The van der Waals surface area contributed by atoms with Crippen molar-refractivity contribution in [1.82, 2.24) is 4.90 Å². The summed E-state index contributed by atoms with van der Waals surface area (Å²) in [6.45, 7) is 4.73. The van der Waals surface area contributed by atoms with E-state index in [0.717, 1.165) is 31.6 Å². The smallest absolute Gasteiger partial charge is 0.325 e. The van der Waals surface area contributed by atoms with Crippen molar-refractivity contribution in [3.63, 3.8) is 0 Å². The molecule has 4 N–H and O–H groups in total. The van der Waals surface area contributed by atoms with E-state index in [-0.39, 0.29) is 17.7 Å². The van der Waals surface area contributed by atoms with Crippen LogP contribution in [0, 0.1) is 0 Å². The van der Waals surface area contributed by atoms with Crippen molar-refractivity contribution in [2.45, 2.75) is 48.7 Å². The largest absolute Gasteiger partial charge is 0.494 e. The van der Waals surface area contributed by atoms with Crippen LogP contribution in [-0.4, -0.2) is 67.2 Å². The summed E-state index contributed by atoms with van der Waals surface area (Å²) >= 11 is 0. The van der Waals surface area contributed by atoms with Gasteiger partial charge in [0.25, 0.3) is 0 Å². The highest BCUT2D eigenvalue weighted by Crippen LogP contribution is 2.36. The van der Waals surface area contributed by atoms with Crippen LogP contribution in [0.2, 0.25) is 0 Å². The first-order chi connectivity index (χ1) is 16.9. The van der Waals surface area contributed by atoms with Gasteiger partial charge in [-0.3, -0.25) is 4.79 Å². The molecule has 0 spiro atoms. The Labute approximate surface area is 207 Å². The van der Waals surface area contributed by atoms with E-state index in [1.165, 1.54) is 12.1 Å². The molecule has 0 aliphatic carbocycles. The van der Waals surface area contributed by atoms with E-state index in [2.05, 4.69) is 17.7 Å². The minimum Gasteiger partial charge on any atom is -0.494 e. The van der Waals surface area contributed by atoms with Gasteiger partial charge in [-0.15, -0.1) is 0 Å². The Kier molecular flexibility index (Phi) is 11.5. The van der Waals surface area contributed by atoms with Crippen LogP contribution in [0.4, 0.5) is 0 Å². The average Bonchev–Trinajstić information content (AvgIpc) is 2.89. The van der Waals surface area contributed by atoms with Crippen molar-refractivity contribution in [1.29, 1.82) is 0 Å². The summed E-state index contributed by atoms with van der Waals surface area (Å²) in [5.74, 6) is 3.62. The number of hydrogen-bond acceptors (Lipinski definition) is 8. The molecule has 9 nitrogen and oxygen atoms in total. The van der Waals surface area contributed by atoms with Crippen LogP contribution < -0.4 is 15.4 Å². The number of nitrogens with two attached hydrogens (primary N) is 1. The molecule has 0 amide bonds. The molecule has 0 atom stereocenters. The van der Waals surface area contributed by atoms with Crippen LogP contribution in [0.3, 0.4) is 0 Å². The molecule has 1 aliphatic heterocycles. The number of nitrogens with zero attached hydrogens (tertiary/aromatic N) is 1. The molecule has 0 bridgehead atoms. The number of piperidine rings is 1. The zero-order valence-corrected chi connectivity index (χ0v) is 21.0. The Hall–Kier alpha value is -2.66. The molecule has 3 rings (SSSR count). The van der Waals surface area contributed by atoms with Gasteiger partial charge in [0.15, 0.2) is 14.6 Å². The summed E-state index contributed by atoms with van der Waals surface area (Å²) in [5.41, 5.74) is 0. The van der Waals surface area contributed by atoms with Crippen molar-refractivity contribution in [3.8, 4) is 11.5 Å². The first kappa shape index (κ1) is 28.6. The Morgan fingerprint density at radius 3 is 2.03 bits per heavy atom. The SMILES string of the molecule is CCCCOc1ccc(S(=O)(=O)C2(C(=O)O)CCN(CCCOc3ccccc3)CC2)cc1.NO. The monoisotopic (exact) mass is 508 g/mol. The summed E-state index contributed by atoms with van der Waals surface area (Å²) in [5, 5.41) is 16.5. The summed E-state index contributed by atoms with van der Waals surface area (Å²) in [4.78, 5) is 14.4. The van der Waals surface area contributed by atoms with Crippen molar-refractivity contribution >= 4 is 15.8 Å². The normalized spacial score (nSPS) is 15.5. The molecule has 0 saturated carbocycles. The van der Waals surface area contributed by atoms with Crippen molar-refractivity contribution in [2.75, 3.05) is 32.8 Å². The van der Waals surface area contributed by atoms with Crippen molar-refractivity contribution in [3.05, 3.63) is 54.6 Å². The molecule has 10 heteroatoms. The molecule has 194 valence electrons. The third-order valence-corrected chi connectivity index (χ3v) is 8.60. The number of aliphatic carboxylic acids is 1. The summed E-state index contributed by atoms with van der Waals surface area (Å²) < 4.78 is 36.3. The Bertz CT molecular complexity index is 990. The number of carbonyl (C=O) groups is 1. The van der Waals surface area contributed by atoms with Gasteiger partial charge in [0.1, 0.15) is 11.5 Å². The van der Waals surface area contributed by atoms with E-state index in [4.69, 9.17) is 14.7 Å². The predicted molar refractivity (Wildman–Crippen MR) is 133 cm³/mol.